The van der Waals surface area contributed by atoms with E-state index in [2.05, 4.69) is 16.3 Å². The van der Waals surface area contributed by atoms with Crippen molar-refractivity contribution in [1.82, 2.24) is 14.8 Å². The Morgan fingerprint density at radius 3 is 3.00 bits per heavy atom. The molecule has 70 valence electrons. The summed E-state index contributed by atoms with van der Waals surface area (Å²) in [6.45, 7) is 0. The minimum absolute atomic E-state index is 0.996. The molecule has 0 atom stereocenters. The third kappa shape index (κ3) is 2.12. The fourth-order valence-electron chi connectivity index (χ4n) is 1.22. The summed E-state index contributed by atoms with van der Waals surface area (Å²) in [5.41, 5.74) is 1.61. The zero-order chi connectivity index (χ0) is 9.10. The SMILES string of the molecule is Cn1cnnc1SCC=C1CCC1. The second-order valence-corrected chi connectivity index (χ2v) is 4.24. The van der Waals surface area contributed by atoms with Crippen molar-refractivity contribution >= 4 is 11.8 Å². The van der Waals surface area contributed by atoms with Gasteiger partial charge in [-0.05, 0) is 19.3 Å². The van der Waals surface area contributed by atoms with Gasteiger partial charge in [-0.1, -0.05) is 23.4 Å². The van der Waals surface area contributed by atoms with Crippen molar-refractivity contribution in [3.05, 3.63) is 18.0 Å². The summed E-state index contributed by atoms with van der Waals surface area (Å²) < 4.78 is 1.95. The molecule has 0 aliphatic heterocycles. The molecule has 0 radical (unpaired) electrons. The Kier molecular flexibility index (Phi) is 2.68. The summed E-state index contributed by atoms with van der Waals surface area (Å²) in [7, 11) is 1.97. The van der Waals surface area contributed by atoms with E-state index in [-0.39, 0.29) is 0 Å². The van der Waals surface area contributed by atoms with Gasteiger partial charge in [-0.3, -0.25) is 0 Å². The Morgan fingerprint density at radius 1 is 1.62 bits per heavy atom. The molecule has 1 aliphatic carbocycles. The molecule has 0 amide bonds. The van der Waals surface area contributed by atoms with Gasteiger partial charge < -0.3 is 4.57 Å². The largest absolute Gasteiger partial charge is 0.312 e. The maximum Gasteiger partial charge on any atom is 0.191 e. The quantitative estimate of drug-likeness (QED) is 0.546. The fraction of sp³-hybridized carbons (Fsp3) is 0.556. The van der Waals surface area contributed by atoms with Crippen molar-refractivity contribution in [2.75, 3.05) is 5.75 Å². The van der Waals surface area contributed by atoms with E-state index >= 15 is 0 Å². The number of allylic oxidation sites excluding steroid dienone is 1. The lowest BCUT2D eigenvalue weighted by Gasteiger charge is -2.15. The van der Waals surface area contributed by atoms with Gasteiger partial charge in [0.2, 0.25) is 0 Å². The van der Waals surface area contributed by atoms with Crippen LogP contribution in [0.15, 0.2) is 23.1 Å². The van der Waals surface area contributed by atoms with Gasteiger partial charge in [-0.2, -0.15) is 0 Å². The topological polar surface area (TPSA) is 30.7 Å². The molecule has 13 heavy (non-hydrogen) atoms. The third-order valence-electron chi connectivity index (χ3n) is 2.25. The molecule has 1 fully saturated rings. The molecular weight excluding hydrogens is 182 g/mol. The van der Waals surface area contributed by atoms with Crippen LogP contribution in [0.1, 0.15) is 19.3 Å². The van der Waals surface area contributed by atoms with Crippen LogP contribution in [-0.4, -0.2) is 20.5 Å². The van der Waals surface area contributed by atoms with Crippen molar-refractivity contribution < 1.29 is 0 Å². The van der Waals surface area contributed by atoms with Crippen LogP contribution < -0.4 is 0 Å². The van der Waals surface area contributed by atoms with Crippen molar-refractivity contribution in [2.24, 2.45) is 7.05 Å². The summed E-state index contributed by atoms with van der Waals surface area (Å²) >= 11 is 1.74. The summed E-state index contributed by atoms with van der Waals surface area (Å²) in [5, 5.41) is 8.82. The summed E-state index contributed by atoms with van der Waals surface area (Å²) in [6.07, 6.45) is 8.04. The maximum atomic E-state index is 4.00. The second-order valence-electron chi connectivity index (χ2n) is 3.25. The van der Waals surface area contributed by atoms with E-state index in [1.165, 1.54) is 19.3 Å². The second kappa shape index (κ2) is 3.96. The first-order valence-corrected chi connectivity index (χ1v) is 5.49. The predicted molar refractivity (Wildman–Crippen MR) is 53.7 cm³/mol. The lowest BCUT2D eigenvalue weighted by atomic mass is 9.93. The Balaban J connectivity index is 1.82. The number of hydrogen-bond donors (Lipinski definition) is 0. The van der Waals surface area contributed by atoms with Crippen molar-refractivity contribution in [2.45, 2.75) is 24.4 Å². The van der Waals surface area contributed by atoms with Crippen LogP contribution in [0.3, 0.4) is 0 Å². The van der Waals surface area contributed by atoms with Crippen molar-refractivity contribution in [3.63, 3.8) is 0 Å². The van der Waals surface area contributed by atoms with Crippen LogP contribution in [0.5, 0.6) is 0 Å². The van der Waals surface area contributed by atoms with E-state index in [9.17, 15) is 0 Å². The molecule has 4 heteroatoms. The molecule has 1 saturated carbocycles. The highest BCUT2D eigenvalue weighted by molar-refractivity contribution is 7.99. The molecule has 3 nitrogen and oxygen atoms in total. The van der Waals surface area contributed by atoms with E-state index < -0.39 is 0 Å². The summed E-state index contributed by atoms with van der Waals surface area (Å²) in [6, 6.07) is 0. The number of hydrogen-bond acceptors (Lipinski definition) is 3. The lowest BCUT2D eigenvalue weighted by molar-refractivity contribution is 0.661. The monoisotopic (exact) mass is 195 g/mol. The normalized spacial score (nSPS) is 15.6. The first-order valence-electron chi connectivity index (χ1n) is 4.51. The van der Waals surface area contributed by atoms with Crippen molar-refractivity contribution in [1.29, 1.82) is 0 Å². The Morgan fingerprint density at radius 2 is 2.46 bits per heavy atom. The first kappa shape index (κ1) is 8.81. The average Bonchev–Trinajstić information content (AvgIpc) is 2.42. The predicted octanol–water partition coefficient (Wildman–Crippen LogP) is 2.02. The number of rotatable bonds is 3. The molecule has 0 unspecified atom stereocenters. The van der Waals surface area contributed by atoms with Gasteiger partial charge in [0.05, 0.1) is 0 Å². The molecule has 0 aromatic carbocycles. The molecular formula is C9H13N3S. The molecule has 0 spiro atoms. The van der Waals surface area contributed by atoms with Gasteiger partial charge in [-0.25, -0.2) is 0 Å². The minimum atomic E-state index is 0.996. The molecule has 0 N–H and O–H groups in total. The van der Waals surface area contributed by atoms with E-state index in [4.69, 9.17) is 0 Å². The van der Waals surface area contributed by atoms with Crippen molar-refractivity contribution in [3.8, 4) is 0 Å². The standard InChI is InChI=1S/C9H13N3S/c1-12-7-10-11-9(12)13-6-5-8-3-2-4-8/h5,7H,2-4,6H2,1H3. The van der Waals surface area contributed by atoms with Crippen LogP contribution >= 0.6 is 11.8 Å². The van der Waals surface area contributed by atoms with Gasteiger partial charge in [0.1, 0.15) is 6.33 Å². The maximum absolute atomic E-state index is 4.00. The van der Waals surface area contributed by atoms with E-state index in [0.717, 1.165) is 10.9 Å². The van der Waals surface area contributed by atoms with Crippen LogP contribution in [0.25, 0.3) is 0 Å². The lowest BCUT2D eigenvalue weighted by Crippen LogP contribution is -1.97. The van der Waals surface area contributed by atoms with Gasteiger partial charge in [-0.15, -0.1) is 10.2 Å². The average molecular weight is 195 g/mol. The number of nitrogens with zero attached hydrogens (tertiary/aromatic N) is 3. The smallest absolute Gasteiger partial charge is 0.191 e. The first-order chi connectivity index (χ1) is 6.36. The highest BCUT2D eigenvalue weighted by atomic mass is 32.2. The van der Waals surface area contributed by atoms with E-state index in [1.807, 2.05) is 11.6 Å². The Hall–Kier alpha value is -0.770. The summed E-state index contributed by atoms with van der Waals surface area (Å²) in [5.74, 6) is 1.03. The van der Waals surface area contributed by atoms with Gasteiger partial charge in [0.25, 0.3) is 0 Å². The molecule has 2 rings (SSSR count). The number of aromatic nitrogens is 3. The zero-order valence-corrected chi connectivity index (χ0v) is 8.55. The molecule has 1 aromatic rings. The van der Waals surface area contributed by atoms with Gasteiger partial charge in [0.15, 0.2) is 5.16 Å². The molecule has 1 aliphatic rings. The third-order valence-corrected chi connectivity index (χ3v) is 3.21. The molecule has 1 aromatic heterocycles. The van der Waals surface area contributed by atoms with Crippen LogP contribution in [-0.2, 0) is 7.05 Å². The number of thioether (sulfide) groups is 1. The van der Waals surface area contributed by atoms with Crippen LogP contribution in [0.2, 0.25) is 0 Å². The van der Waals surface area contributed by atoms with E-state index in [1.54, 1.807) is 23.7 Å². The van der Waals surface area contributed by atoms with E-state index in [0.29, 0.717) is 0 Å². The molecule has 0 bridgehead atoms. The highest BCUT2D eigenvalue weighted by Gasteiger charge is 2.07. The molecule has 1 heterocycles. The van der Waals surface area contributed by atoms with Crippen LogP contribution in [0.4, 0.5) is 0 Å². The van der Waals surface area contributed by atoms with Gasteiger partial charge >= 0.3 is 0 Å². The zero-order valence-electron chi connectivity index (χ0n) is 7.73. The highest BCUT2D eigenvalue weighted by Crippen LogP contribution is 2.26. The number of aryl methyl sites for hydroxylation is 1. The van der Waals surface area contributed by atoms with Crippen LogP contribution in [0, 0.1) is 0 Å². The Labute approximate surface area is 82.2 Å². The minimum Gasteiger partial charge on any atom is -0.312 e. The fourth-order valence-corrected chi connectivity index (χ4v) is 2.05. The molecule has 0 saturated heterocycles. The summed E-state index contributed by atoms with van der Waals surface area (Å²) in [4.78, 5) is 0. The Bertz CT molecular complexity index is 310. The van der Waals surface area contributed by atoms with Gasteiger partial charge in [0, 0.05) is 12.8 Å².